The number of Topliss-reactive ketones (excluding diaryl/α,β-unsaturated/α-hetero) is 1. The highest BCUT2D eigenvalue weighted by molar-refractivity contribution is 7.89. The van der Waals surface area contributed by atoms with Crippen LogP contribution < -0.4 is 5.32 Å². The fraction of sp³-hybridized carbons (Fsp3) is 0.375. The van der Waals surface area contributed by atoms with E-state index in [-0.39, 0.29) is 22.1 Å². The van der Waals surface area contributed by atoms with E-state index in [2.05, 4.69) is 5.32 Å². The number of nitrogens with zero attached hydrogens (tertiary/aromatic N) is 1. The number of hydrogen-bond acceptors (Lipinski definition) is 6. The fourth-order valence-corrected chi connectivity index (χ4v) is 5.14. The standard InChI is InChI=1S/C24H28N2O6S/c1-18(27)25-13-12-19-8-10-20(11-9-19)23(28)17-32-24(29)21-6-5-7-22(16-21)33(30,31)26-14-3-2-4-15-26/h5-11,16H,2-4,12-15,17H2,1H3,(H,25,27). The van der Waals surface area contributed by atoms with Crippen LogP contribution in [0, 0.1) is 0 Å². The highest BCUT2D eigenvalue weighted by Gasteiger charge is 2.26. The first-order valence-electron chi connectivity index (χ1n) is 10.9. The van der Waals surface area contributed by atoms with Crippen molar-refractivity contribution in [3.8, 4) is 0 Å². The van der Waals surface area contributed by atoms with E-state index in [9.17, 15) is 22.8 Å². The van der Waals surface area contributed by atoms with Gasteiger partial charge in [0.15, 0.2) is 12.4 Å². The van der Waals surface area contributed by atoms with Crippen LogP contribution in [0.15, 0.2) is 53.4 Å². The van der Waals surface area contributed by atoms with Gasteiger partial charge in [-0.1, -0.05) is 36.8 Å². The summed E-state index contributed by atoms with van der Waals surface area (Å²) in [5.74, 6) is -1.22. The number of carbonyl (C=O) groups is 3. The number of ether oxygens (including phenoxy) is 1. The Labute approximate surface area is 194 Å². The first-order valence-corrected chi connectivity index (χ1v) is 12.4. The molecule has 8 nitrogen and oxygen atoms in total. The second kappa shape index (κ2) is 11.2. The van der Waals surface area contributed by atoms with Crippen molar-refractivity contribution in [3.05, 3.63) is 65.2 Å². The molecule has 0 aromatic heterocycles. The molecule has 1 aliphatic rings. The van der Waals surface area contributed by atoms with Crippen LogP contribution >= 0.6 is 0 Å². The third-order valence-corrected chi connectivity index (χ3v) is 7.32. The van der Waals surface area contributed by atoms with Crippen molar-refractivity contribution in [1.82, 2.24) is 9.62 Å². The summed E-state index contributed by atoms with van der Waals surface area (Å²) in [7, 11) is -3.67. The summed E-state index contributed by atoms with van der Waals surface area (Å²) in [6.07, 6.45) is 3.28. The molecule has 9 heteroatoms. The van der Waals surface area contributed by atoms with Crippen molar-refractivity contribution in [3.63, 3.8) is 0 Å². The molecule has 176 valence electrons. The zero-order valence-electron chi connectivity index (χ0n) is 18.6. The van der Waals surface area contributed by atoms with Crippen molar-refractivity contribution < 1.29 is 27.5 Å². The second-order valence-corrected chi connectivity index (χ2v) is 9.86. The van der Waals surface area contributed by atoms with Crippen LogP contribution in [0.25, 0.3) is 0 Å². The number of esters is 1. The first-order chi connectivity index (χ1) is 15.8. The van der Waals surface area contributed by atoms with E-state index >= 15 is 0 Å². The fourth-order valence-electron chi connectivity index (χ4n) is 3.58. The molecule has 2 aromatic carbocycles. The van der Waals surface area contributed by atoms with Crippen LogP contribution in [-0.2, 0) is 26.0 Å². The first kappa shape index (κ1) is 24.6. The van der Waals surface area contributed by atoms with Crippen molar-refractivity contribution >= 4 is 27.7 Å². The molecular weight excluding hydrogens is 444 g/mol. The van der Waals surface area contributed by atoms with Crippen molar-refractivity contribution in [2.75, 3.05) is 26.2 Å². The Morgan fingerprint density at radius 1 is 0.970 bits per heavy atom. The predicted molar refractivity (Wildman–Crippen MR) is 122 cm³/mol. The summed E-state index contributed by atoms with van der Waals surface area (Å²) < 4.78 is 32.2. The Morgan fingerprint density at radius 2 is 1.67 bits per heavy atom. The minimum Gasteiger partial charge on any atom is -0.454 e. The Morgan fingerprint density at radius 3 is 2.33 bits per heavy atom. The maximum Gasteiger partial charge on any atom is 0.338 e. The average molecular weight is 473 g/mol. The number of amides is 1. The van der Waals surface area contributed by atoms with Gasteiger partial charge in [0.1, 0.15) is 0 Å². The number of ketones is 1. The molecule has 1 amide bonds. The van der Waals surface area contributed by atoms with Crippen molar-refractivity contribution in [1.29, 1.82) is 0 Å². The maximum absolute atomic E-state index is 12.8. The van der Waals surface area contributed by atoms with Crippen LogP contribution in [0.3, 0.4) is 0 Å². The molecule has 2 aromatic rings. The Balaban J connectivity index is 1.57. The van der Waals surface area contributed by atoms with Gasteiger partial charge in [-0.3, -0.25) is 9.59 Å². The molecule has 0 unspecified atom stereocenters. The van der Waals surface area contributed by atoms with Crippen molar-refractivity contribution in [2.45, 2.75) is 37.5 Å². The SMILES string of the molecule is CC(=O)NCCc1ccc(C(=O)COC(=O)c2cccc(S(=O)(=O)N3CCCCC3)c2)cc1. The van der Waals surface area contributed by atoms with Crippen LogP contribution in [0.4, 0.5) is 0 Å². The summed E-state index contributed by atoms with van der Waals surface area (Å²) in [5.41, 5.74) is 1.44. The minimum absolute atomic E-state index is 0.0417. The zero-order valence-corrected chi connectivity index (χ0v) is 19.4. The van der Waals surface area contributed by atoms with E-state index in [1.807, 2.05) is 0 Å². The average Bonchev–Trinajstić information content (AvgIpc) is 2.83. The molecule has 1 fully saturated rings. The van der Waals surface area contributed by atoms with E-state index in [1.165, 1.54) is 35.5 Å². The molecule has 0 bridgehead atoms. The molecule has 0 radical (unpaired) electrons. The number of hydrogen-bond donors (Lipinski definition) is 1. The van der Waals surface area contributed by atoms with Gasteiger partial charge in [0.25, 0.3) is 0 Å². The molecular formula is C24H28N2O6S. The van der Waals surface area contributed by atoms with Gasteiger partial charge in [0.05, 0.1) is 10.5 Å². The van der Waals surface area contributed by atoms with Crippen LogP contribution in [0.2, 0.25) is 0 Å². The predicted octanol–water partition coefficient (Wildman–Crippen LogP) is 2.58. The highest BCUT2D eigenvalue weighted by atomic mass is 32.2. The van der Waals surface area contributed by atoms with Gasteiger partial charge >= 0.3 is 5.97 Å². The summed E-state index contributed by atoms with van der Waals surface area (Å²) in [6, 6.07) is 12.6. The molecule has 0 aliphatic carbocycles. The number of piperidine rings is 1. The monoisotopic (exact) mass is 472 g/mol. The Kier molecular flexibility index (Phi) is 8.35. The molecule has 1 heterocycles. The lowest BCUT2D eigenvalue weighted by molar-refractivity contribution is -0.118. The molecule has 1 aliphatic heterocycles. The molecule has 1 N–H and O–H groups in total. The molecule has 0 atom stereocenters. The quantitative estimate of drug-likeness (QED) is 0.444. The Bertz CT molecular complexity index is 1110. The molecule has 0 spiro atoms. The second-order valence-electron chi connectivity index (χ2n) is 7.92. The van der Waals surface area contributed by atoms with Gasteiger partial charge in [-0.15, -0.1) is 0 Å². The van der Waals surface area contributed by atoms with Crippen LogP contribution in [0.5, 0.6) is 0 Å². The lowest BCUT2D eigenvalue weighted by Gasteiger charge is -2.25. The summed E-state index contributed by atoms with van der Waals surface area (Å²) in [5, 5.41) is 2.71. The third-order valence-electron chi connectivity index (χ3n) is 5.42. The normalized spacial score (nSPS) is 14.5. The van der Waals surface area contributed by atoms with Gasteiger partial charge in [-0.2, -0.15) is 4.31 Å². The smallest absolute Gasteiger partial charge is 0.338 e. The minimum atomic E-state index is -3.67. The molecule has 33 heavy (non-hydrogen) atoms. The molecule has 0 saturated carbocycles. The summed E-state index contributed by atoms with van der Waals surface area (Å²) in [4.78, 5) is 35.8. The van der Waals surface area contributed by atoms with E-state index in [0.29, 0.717) is 31.6 Å². The number of rotatable bonds is 9. The van der Waals surface area contributed by atoms with E-state index < -0.39 is 22.6 Å². The lowest BCUT2D eigenvalue weighted by atomic mass is 10.1. The van der Waals surface area contributed by atoms with Crippen LogP contribution in [-0.4, -0.2) is 56.6 Å². The van der Waals surface area contributed by atoms with Gasteiger partial charge in [0, 0.05) is 32.1 Å². The number of sulfonamides is 1. The topological polar surface area (TPSA) is 110 Å². The van der Waals surface area contributed by atoms with E-state index in [4.69, 9.17) is 4.74 Å². The summed E-state index contributed by atoms with van der Waals surface area (Å²) in [6.45, 7) is 2.45. The third kappa shape index (κ3) is 6.72. The lowest BCUT2D eigenvalue weighted by Crippen LogP contribution is -2.35. The van der Waals surface area contributed by atoms with Crippen molar-refractivity contribution in [2.24, 2.45) is 0 Å². The molecule has 3 rings (SSSR count). The number of benzene rings is 2. The molecule has 1 saturated heterocycles. The van der Waals surface area contributed by atoms with E-state index in [0.717, 1.165) is 24.8 Å². The highest BCUT2D eigenvalue weighted by Crippen LogP contribution is 2.21. The van der Waals surface area contributed by atoms with Gasteiger partial charge in [-0.05, 0) is 43.0 Å². The largest absolute Gasteiger partial charge is 0.454 e. The zero-order chi connectivity index (χ0) is 23.8. The maximum atomic E-state index is 12.8. The van der Waals surface area contributed by atoms with Gasteiger partial charge < -0.3 is 10.1 Å². The number of carbonyl (C=O) groups excluding carboxylic acids is 3. The van der Waals surface area contributed by atoms with Gasteiger partial charge in [-0.25, -0.2) is 13.2 Å². The summed E-state index contributed by atoms with van der Waals surface area (Å²) >= 11 is 0. The van der Waals surface area contributed by atoms with Gasteiger partial charge in [0.2, 0.25) is 15.9 Å². The van der Waals surface area contributed by atoms with Crippen LogP contribution in [0.1, 0.15) is 52.5 Å². The number of nitrogens with one attached hydrogen (secondary N) is 1. The van der Waals surface area contributed by atoms with E-state index in [1.54, 1.807) is 24.3 Å². The Hall–Kier alpha value is -3.04.